The van der Waals surface area contributed by atoms with Crippen molar-refractivity contribution >= 4 is 5.91 Å². The lowest BCUT2D eigenvalue weighted by molar-refractivity contribution is -0.0498. The standard InChI is InChI=1S/C13H18F2N2O3/c14-13(15)20-11-4-2-10(3-5-11)12(18)17-7-1-8-19-9-6-16/h2-5,13H,1,6-9,16H2,(H,17,18). The van der Waals surface area contributed by atoms with E-state index in [-0.39, 0.29) is 11.7 Å². The highest BCUT2D eigenvalue weighted by Gasteiger charge is 2.07. The van der Waals surface area contributed by atoms with Crippen LogP contribution in [-0.2, 0) is 4.74 Å². The summed E-state index contributed by atoms with van der Waals surface area (Å²) in [5, 5.41) is 2.70. The molecule has 0 saturated heterocycles. The van der Waals surface area contributed by atoms with Crippen LogP contribution in [0.4, 0.5) is 8.78 Å². The Hall–Kier alpha value is -1.73. The Balaban J connectivity index is 2.29. The first kappa shape index (κ1) is 16.3. The lowest BCUT2D eigenvalue weighted by Gasteiger charge is -2.07. The van der Waals surface area contributed by atoms with Crippen LogP contribution in [0.3, 0.4) is 0 Å². The second-order valence-corrected chi connectivity index (χ2v) is 3.91. The topological polar surface area (TPSA) is 73.6 Å². The van der Waals surface area contributed by atoms with Crippen molar-refractivity contribution in [2.75, 3.05) is 26.3 Å². The van der Waals surface area contributed by atoms with E-state index in [2.05, 4.69) is 10.1 Å². The van der Waals surface area contributed by atoms with Gasteiger partial charge < -0.3 is 20.5 Å². The normalized spacial score (nSPS) is 10.6. The van der Waals surface area contributed by atoms with Gasteiger partial charge in [0.1, 0.15) is 5.75 Å². The number of nitrogens with one attached hydrogen (secondary N) is 1. The molecule has 1 aromatic rings. The lowest BCUT2D eigenvalue weighted by Crippen LogP contribution is -2.25. The third-order valence-corrected chi connectivity index (χ3v) is 2.35. The number of rotatable bonds is 9. The summed E-state index contributed by atoms with van der Waals surface area (Å²) in [5.41, 5.74) is 5.64. The zero-order valence-corrected chi connectivity index (χ0v) is 11.0. The highest BCUT2D eigenvalue weighted by Crippen LogP contribution is 2.14. The third-order valence-electron chi connectivity index (χ3n) is 2.35. The summed E-state index contributed by atoms with van der Waals surface area (Å²) in [5.74, 6) is -0.251. The van der Waals surface area contributed by atoms with E-state index in [9.17, 15) is 13.6 Å². The Morgan fingerprint density at radius 3 is 2.55 bits per heavy atom. The molecule has 112 valence electrons. The van der Waals surface area contributed by atoms with Crippen LogP contribution in [0.15, 0.2) is 24.3 Å². The van der Waals surface area contributed by atoms with E-state index < -0.39 is 6.61 Å². The van der Waals surface area contributed by atoms with Gasteiger partial charge in [-0.1, -0.05) is 0 Å². The number of amides is 1. The fourth-order valence-corrected chi connectivity index (χ4v) is 1.45. The number of alkyl halides is 2. The molecule has 0 aromatic heterocycles. The zero-order valence-electron chi connectivity index (χ0n) is 11.0. The van der Waals surface area contributed by atoms with E-state index in [1.807, 2.05) is 0 Å². The van der Waals surface area contributed by atoms with Crippen LogP contribution in [0.2, 0.25) is 0 Å². The Morgan fingerprint density at radius 1 is 1.25 bits per heavy atom. The van der Waals surface area contributed by atoms with Crippen molar-refractivity contribution in [3.63, 3.8) is 0 Å². The van der Waals surface area contributed by atoms with E-state index >= 15 is 0 Å². The fraction of sp³-hybridized carbons (Fsp3) is 0.462. The quantitative estimate of drug-likeness (QED) is 0.673. The SMILES string of the molecule is NCCOCCCNC(=O)c1ccc(OC(F)F)cc1. The molecular formula is C13H18F2N2O3. The van der Waals surface area contributed by atoms with Crippen molar-refractivity contribution in [2.45, 2.75) is 13.0 Å². The van der Waals surface area contributed by atoms with Gasteiger partial charge in [-0.25, -0.2) is 0 Å². The summed E-state index contributed by atoms with van der Waals surface area (Å²) in [6, 6.07) is 5.51. The molecule has 0 spiro atoms. The Kier molecular flexibility index (Phi) is 7.52. The predicted molar refractivity (Wildman–Crippen MR) is 69.9 cm³/mol. The minimum Gasteiger partial charge on any atom is -0.435 e. The Bertz CT molecular complexity index is 399. The molecule has 5 nitrogen and oxygen atoms in total. The van der Waals surface area contributed by atoms with E-state index in [0.717, 1.165) is 0 Å². The summed E-state index contributed by atoms with van der Waals surface area (Å²) >= 11 is 0. The van der Waals surface area contributed by atoms with Crippen LogP contribution in [0.1, 0.15) is 16.8 Å². The molecular weight excluding hydrogens is 270 g/mol. The minimum absolute atomic E-state index is 0.0201. The highest BCUT2D eigenvalue weighted by atomic mass is 19.3. The average molecular weight is 288 g/mol. The Morgan fingerprint density at radius 2 is 1.95 bits per heavy atom. The number of benzene rings is 1. The lowest BCUT2D eigenvalue weighted by atomic mass is 10.2. The summed E-state index contributed by atoms with van der Waals surface area (Å²) in [4.78, 5) is 11.7. The van der Waals surface area contributed by atoms with Crippen molar-refractivity contribution in [3.05, 3.63) is 29.8 Å². The summed E-state index contributed by atoms with van der Waals surface area (Å²) in [6.45, 7) is -0.904. The zero-order chi connectivity index (χ0) is 14.8. The number of hydrogen-bond acceptors (Lipinski definition) is 4. The summed E-state index contributed by atoms with van der Waals surface area (Å²) in [6.07, 6.45) is 0.679. The van der Waals surface area contributed by atoms with Gasteiger partial charge in [-0.2, -0.15) is 8.78 Å². The summed E-state index contributed by atoms with van der Waals surface area (Å²) < 4.78 is 33.3. The monoisotopic (exact) mass is 288 g/mol. The minimum atomic E-state index is -2.87. The third kappa shape index (κ3) is 6.44. The van der Waals surface area contributed by atoms with Gasteiger partial charge in [0.15, 0.2) is 0 Å². The molecule has 0 aliphatic heterocycles. The molecule has 0 heterocycles. The van der Waals surface area contributed by atoms with Crippen molar-refractivity contribution < 1.29 is 23.0 Å². The molecule has 0 radical (unpaired) electrons. The van der Waals surface area contributed by atoms with Gasteiger partial charge >= 0.3 is 6.61 Å². The summed E-state index contributed by atoms with van der Waals surface area (Å²) in [7, 11) is 0. The average Bonchev–Trinajstić information content (AvgIpc) is 2.42. The number of hydrogen-bond donors (Lipinski definition) is 2. The predicted octanol–water partition coefficient (Wildman–Crippen LogP) is 1.38. The molecule has 1 amide bonds. The molecule has 0 fully saturated rings. The van der Waals surface area contributed by atoms with Crippen LogP contribution in [0, 0.1) is 0 Å². The molecule has 0 aliphatic rings. The number of carbonyl (C=O) groups is 1. The largest absolute Gasteiger partial charge is 0.435 e. The number of ether oxygens (including phenoxy) is 2. The second kappa shape index (κ2) is 9.22. The molecule has 0 bridgehead atoms. The smallest absolute Gasteiger partial charge is 0.387 e. The molecule has 7 heteroatoms. The van der Waals surface area contributed by atoms with Crippen molar-refractivity contribution in [2.24, 2.45) is 5.73 Å². The number of carbonyl (C=O) groups excluding carboxylic acids is 1. The van der Waals surface area contributed by atoms with E-state index in [4.69, 9.17) is 10.5 Å². The number of halogens is 2. The highest BCUT2D eigenvalue weighted by molar-refractivity contribution is 5.94. The first-order valence-electron chi connectivity index (χ1n) is 6.24. The van der Waals surface area contributed by atoms with Crippen LogP contribution < -0.4 is 15.8 Å². The van der Waals surface area contributed by atoms with Gasteiger partial charge in [0.2, 0.25) is 0 Å². The van der Waals surface area contributed by atoms with Gasteiger partial charge in [0.25, 0.3) is 5.91 Å². The molecule has 1 rings (SSSR count). The maximum Gasteiger partial charge on any atom is 0.387 e. The van der Waals surface area contributed by atoms with E-state index in [1.165, 1.54) is 24.3 Å². The number of nitrogens with two attached hydrogens (primary N) is 1. The molecule has 1 aromatic carbocycles. The fourth-order valence-electron chi connectivity index (χ4n) is 1.45. The van der Waals surface area contributed by atoms with Crippen LogP contribution in [-0.4, -0.2) is 38.8 Å². The van der Waals surface area contributed by atoms with Gasteiger partial charge in [-0.3, -0.25) is 4.79 Å². The van der Waals surface area contributed by atoms with Crippen LogP contribution in [0.25, 0.3) is 0 Å². The van der Waals surface area contributed by atoms with Crippen molar-refractivity contribution in [1.82, 2.24) is 5.32 Å². The van der Waals surface area contributed by atoms with Gasteiger partial charge in [-0.05, 0) is 30.7 Å². The van der Waals surface area contributed by atoms with Gasteiger partial charge in [0, 0.05) is 25.3 Å². The second-order valence-electron chi connectivity index (χ2n) is 3.91. The Labute approximate surface area is 116 Å². The van der Waals surface area contributed by atoms with Gasteiger partial charge in [-0.15, -0.1) is 0 Å². The van der Waals surface area contributed by atoms with Crippen molar-refractivity contribution in [3.8, 4) is 5.75 Å². The molecule has 0 unspecified atom stereocenters. The maximum atomic E-state index is 12.0. The molecule has 3 N–H and O–H groups in total. The van der Waals surface area contributed by atoms with E-state index in [0.29, 0.717) is 38.3 Å². The molecule has 0 aliphatic carbocycles. The van der Waals surface area contributed by atoms with Crippen molar-refractivity contribution in [1.29, 1.82) is 0 Å². The van der Waals surface area contributed by atoms with Crippen LogP contribution in [0.5, 0.6) is 5.75 Å². The maximum absolute atomic E-state index is 12.0. The van der Waals surface area contributed by atoms with Gasteiger partial charge in [0.05, 0.1) is 6.61 Å². The van der Waals surface area contributed by atoms with Crippen LogP contribution >= 0.6 is 0 Å². The molecule has 0 saturated carbocycles. The van der Waals surface area contributed by atoms with E-state index in [1.54, 1.807) is 0 Å². The molecule has 20 heavy (non-hydrogen) atoms. The molecule has 0 atom stereocenters. The first-order chi connectivity index (χ1) is 9.63. The first-order valence-corrected chi connectivity index (χ1v) is 6.24.